The van der Waals surface area contributed by atoms with Gasteiger partial charge in [0, 0.05) is 25.0 Å². The fraction of sp³-hybridized carbons (Fsp3) is 0.0909. The summed E-state index contributed by atoms with van der Waals surface area (Å²) in [6.07, 6.45) is 5.43. The van der Waals surface area contributed by atoms with Gasteiger partial charge in [-0.2, -0.15) is 0 Å². The highest BCUT2D eigenvalue weighted by Gasteiger charge is 2.08. The van der Waals surface area contributed by atoms with E-state index >= 15 is 0 Å². The van der Waals surface area contributed by atoms with Crippen LogP contribution in [-0.4, -0.2) is 23.6 Å². The number of hydrogen-bond acceptors (Lipinski definition) is 4. The molecule has 0 unspecified atom stereocenters. The molecule has 0 heterocycles. The lowest BCUT2D eigenvalue weighted by atomic mass is 10.2. The average molecular weight is 406 g/mol. The summed E-state index contributed by atoms with van der Waals surface area (Å²) >= 11 is 0. The van der Waals surface area contributed by atoms with E-state index in [1.807, 2.05) is 60.7 Å². The second-order valence-corrected chi connectivity index (χ2v) is 6.06. The molecule has 0 aliphatic heterocycles. The topological polar surface area (TPSA) is 116 Å². The van der Waals surface area contributed by atoms with Gasteiger partial charge in [-0.25, -0.2) is 0 Å². The first-order valence-electron chi connectivity index (χ1n) is 9.17. The smallest absolute Gasteiger partial charge is 0.262 e. The molecule has 0 aliphatic carbocycles. The minimum Gasteiger partial charge on any atom is -0.273 e. The Hall–Kier alpha value is -4.20. The summed E-state index contributed by atoms with van der Waals surface area (Å²) in [5.74, 6) is -2.09. The summed E-state index contributed by atoms with van der Waals surface area (Å²) < 4.78 is 0. The third-order valence-corrected chi connectivity index (χ3v) is 3.68. The number of rotatable bonds is 7. The minimum absolute atomic E-state index is 0.162. The zero-order valence-electron chi connectivity index (χ0n) is 16.1. The van der Waals surface area contributed by atoms with Crippen molar-refractivity contribution in [2.75, 3.05) is 0 Å². The molecular weight excluding hydrogens is 384 g/mol. The van der Waals surface area contributed by atoms with E-state index in [2.05, 4.69) is 21.7 Å². The van der Waals surface area contributed by atoms with E-state index in [0.29, 0.717) is 0 Å². The monoisotopic (exact) mass is 406 g/mol. The van der Waals surface area contributed by atoms with Crippen LogP contribution in [0.15, 0.2) is 72.8 Å². The maximum Gasteiger partial charge on any atom is 0.262 e. The van der Waals surface area contributed by atoms with Gasteiger partial charge in [0.2, 0.25) is 11.8 Å². The highest BCUT2D eigenvalue weighted by Crippen LogP contribution is 2.01. The Labute approximate surface area is 174 Å². The summed E-state index contributed by atoms with van der Waals surface area (Å²) in [6.45, 7) is 0. The van der Waals surface area contributed by atoms with Gasteiger partial charge >= 0.3 is 0 Å². The van der Waals surface area contributed by atoms with Crippen molar-refractivity contribution in [3.8, 4) is 0 Å². The van der Waals surface area contributed by atoms with Crippen LogP contribution in [0, 0.1) is 0 Å². The van der Waals surface area contributed by atoms with Gasteiger partial charge in [0.05, 0.1) is 0 Å². The van der Waals surface area contributed by atoms with Crippen molar-refractivity contribution in [1.29, 1.82) is 0 Å². The molecule has 0 saturated heterocycles. The van der Waals surface area contributed by atoms with Crippen LogP contribution in [0.1, 0.15) is 24.0 Å². The van der Waals surface area contributed by atoms with Crippen molar-refractivity contribution in [3.63, 3.8) is 0 Å². The Kier molecular flexibility index (Phi) is 9.06. The molecule has 0 atom stereocenters. The number of benzene rings is 2. The van der Waals surface area contributed by atoms with Crippen molar-refractivity contribution in [3.05, 3.63) is 83.9 Å². The molecule has 0 bridgehead atoms. The van der Waals surface area contributed by atoms with Gasteiger partial charge < -0.3 is 0 Å². The van der Waals surface area contributed by atoms with E-state index in [1.54, 1.807) is 12.2 Å². The number of carbonyl (C=O) groups is 4. The van der Waals surface area contributed by atoms with Crippen molar-refractivity contribution in [2.24, 2.45) is 0 Å². The van der Waals surface area contributed by atoms with Gasteiger partial charge in [-0.15, -0.1) is 0 Å². The van der Waals surface area contributed by atoms with E-state index in [-0.39, 0.29) is 12.8 Å². The van der Waals surface area contributed by atoms with Crippen LogP contribution in [-0.2, 0) is 19.2 Å². The van der Waals surface area contributed by atoms with Crippen molar-refractivity contribution >= 4 is 35.8 Å². The van der Waals surface area contributed by atoms with Gasteiger partial charge in [-0.3, -0.25) is 40.9 Å². The third kappa shape index (κ3) is 9.14. The van der Waals surface area contributed by atoms with Gasteiger partial charge in [0.1, 0.15) is 0 Å². The fourth-order valence-corrected chi connectivity index (χ4v) is 2.17. The normalized spacial score (nSPS) is 10.5. The first-order chi connectivity index (χ1) is 14.5. The molecule has 4 N–H and O–H groups in total. The van der Waals surface area contributed by atoms with Crippen LogP contribution >= 0.6 is 0 Å². The van der Waals surface area contributed by atoms with Crippen LogP contribution in [0.2, 0.25) is 0 Å². The molecule has 0 fully saturated rings. The van der Waals surface area contributed by atoms with Crippen molar-refractivity contribution < 1.29 is 19.2 Å². The molecule has 2 aromatic carbocycles. The standard InChI is InChI=1S/C22H22N4O4/c27-19(13-11-17-7-3-1-4-8-17)23-25-21(29)15-16-22(30)26-24-20(28)14-12-18-9-5-2-6-10-18/h1-14H,15-16H2,(H,23,27)(H,24,28)(H,25,29)(H,26,30)/b13-11+,14-12+. The summed E-state index contributed by atoms with van der Waals surface area (Å²) in [5.41, 5.74) is 10.6. The van der Waals surface area contributed by atoms with Crippen LogP contribution in [0.4, 0.5) is 0 Å². The lowest BCUT2D eigenvalue weighted by Crippen LogP contribution is -2.43. The molecule has 154 valence electrons. The summed E-state index contributed by atoms with van der Waals surface area (Å²) in [4.78, 5) is 46.7. The average Bonchev–Trinajstić information content (AvgIpc) is 2.78. The fourth-order valence-electron chi connectivity index (χ4n) is 2.17. The van der Waals surface area contributed by atoms with Crippen molar-refractivity contribution in [2.45, 2.75) is 12.8 Å². The zero-order valence-corrected chi connectivity index (χ0v) is 16.1. The maximum absolute atomic E-state index is 11.7. The van der Waals surface area contributed by atoms with Crippen molar-refractivity contribution in [1.82, 2.24) is 21.7 Å². The number of carbonyl (C=O) groups excluding carboxylic acids is 4. The van der Waals surface area contributed by atoms with Gasteiger partial charge in [0.25, 0.3) is 11.8 Å². The van der Waals surface area contributed by atoms with E-state index in [9.17, 15) is 19.2 Å². The first-order valence-corrected chi connectivity index (χ1v) is 9.17. The zero-order chi connectivity index (χ0) is 21.6. The molecule has 2 rings (SSSR count). The highest BCUT2D eigenvalue weighted by atomic mass is 16.2. The first kappa shape index (κ1) is 22.1. The Morgan fingerprint density at radius 2 is 0.933 bits per heavy atom. The molecule has 8 heteroatoms. The van der Waals surface area contributed by atoms with Crippen LogP contribution < -0.4 is 21.7 Å². The SMILES string of the molecule is O=C(/C=C/c1ccccc1)NNC(=O)CCC(=O)NNC(=O)/C=C/c1ccccc1. The molecule has 2 aromatic rings. The van der Waals surface area contributed by atoms with E-state index in [1.165, 1.54) is 12.2 Å². The molecule has 0 spiro atoms. The van der Waals surface area contributed by atoms with Gasteiger partial charge in [0.15, 0.2) is 0 Å². The van der Waals surface area contributed by atoms with Crippen LogP contribution in [0.25, 0.3) is 12.2 Å². The number of hydrazine groups is 2. The van der Waals surface area contributed by atoms with Gasteiger partial charge in [-0.1, -0.05) is 60.7 Å². The lowest BCUT2D eigenvalue weighted by molar-refractivity contribution is -0.130. The molecule has 4 amide bonds. The number of hydrogen-bond donors (Lipinski definition) is 4. The van der Waals surface area contributed by atoms with E-state index in [0.717, 1.165) is 11.1 Å². The largest absolute Gasteiger partial charge is 0.273 e. The Morgan fingerprint density at radius 3 is 1.30 bits per heavy atom. The third-order valence-electron chi connectivity index (χ3n) is 3.68. The molecular formula is C22H22N4O4. The molecule has 30 heavy (non-hydrogen) atoms. The van der Waals surface area contributed by atoms with E-state index in [4.69, 9.17) is 0 Å². The second-order valence-electron chi connectivity index (χ2n) is 6.06. The molecule has 0 radical (unpaired) electrons. The number of amides is 4. The summed E-state index contributed by atoms with van der Waals surface area (Å²) in [5, 5.41) is 0. The number of nitrogens with one attached hydrogen (secondary N) is 4. The second kappa shape index (κ2) is 12.3. The molecule has 0 aromatic heterocycles. The van der Waals surface area contributed by atoms with Gasteiger partial charge in [-0.05, 0) is 23.3 Å². The molecule has 8 nitrogen and oxygen atoms in total. The maximum atomic E-state index is 11.7. The predicted octanol–water partition coefficient (Wildman–Crippen LogP) is 1.49. The minimum atomic E-state index is -0.540. The quantitative estimate of drug-likeness (QED) is 0.412. The molecule has 0 aliphatic rings. The Morgan fingerprint density at radius 1 is 0.567 bits per heavy atom. The summed E-state index contributed by atoms with van der Waals surface area (Å²) in [6, 6.07) is 18.4. The van der Waals surface area contributed by atoms with Crippen LogP contribution in [0.5, 0.6) is 0 Å². The summed E-state index contributed by atoms with van der Waals surface area (Å²) in [7, 11) is 0. The Bertz CT molecular complexity index is 847. The Balaban J connectivity index is 1.60. The van der Waals surface area contributed by atoms with Crippen LogP contribution in [0.3, 0.4) is 0 Å². The molecule has 0 saturated carbocycles. The lowest BCUT2D eigenvalue weighted by Gasteiger charge is -2.06. The predicted molar refractivity (Wildman–Crippen MR) is 113 cm³/mol. The van der Waals surface area contributed by atoms with E-state index < -0.39 is 23.6 Å². The highest BCUT2D eigenvalue weighted by molar-refractivity contribution is 5.94.